The van der Waals surface area contributed by atoms with Crippen LogP contribution in [0.25, 0.3) is 0 Å². The molecule has 0 atom stereocenters. The van der Waals surface area contributed by atoms with Gasteiger partial charge in [-0.05, 0) is 30.2 Å². The summed E-state index contributed by atoms with van der Waals surface area (Å²) in [5.74, 6) is 2.13. The largest absolute Gasteiger partial charge is 0.493 e. The third-order valence-corrected chi connectivity index (χ3v) is 2.71. The first-order valence-electron chi connectivity index (χ1n) is 6.05. The van der Waals surface area contributed by atoms with E-state index in [2.05, 4.69) is 15.3 Å². The van der Waals surface area contributed by atoms with Crippen LogP contribution in [0, 0.1) is 0 Å². The van der Waals surface area contributed by atoms with E-state index in [4.69, 9.17) is 9.47 Å². The van der Waals surface area contributed by atoms with Crippen molar-refractivity contribution in [2.24, 2.45) is 0 Å². The first-order valence-corrected chi connectivity index (χ1v) is 6.05. The van der Waals surface area contributed by atoms with E-state index in [0.717, 1.165) is 24.5 Å². The Hall–Kier alpha value is -2.30. The van der Waals surface area contributed by atoms with Crippen LogP contribution in [0.1, 0.15) is 5.56 Å². The average Bonchev–Trinajstić information content (AvgIpc) is 2.48. The molecule has 0 saturated carbocycles. The van der Waals surface area contributed by atoms with Crippen molar-refractivity contribution < 1.29 is 9.47 Å². The molecule has 0 aliphatic rings. The van der Waals surface area contributed by atoms with E-state index in [1.165, 1.54) is 5.56 Å². The molecule has 100 valence electrons. The minimum atomic E-state index is 0.642. The Morgan fingerprint density at radius 3 is 2.47 bits per heavy atom. The van der Waals surface area contributed by atoms with Gasteiger partial charge >= 0.3 is 0 Å². The van der Waals surface area contributed by atoms with Crippen molar-refractivity contribution in [3.8, 4) is 11.5 Å². The summed E-state index contributed by atoms with van der Waals surface area (Å²) < 4.78 is 10.5. The summed E-state index contributed by atoms with van der Waals surface area (Å²) in [7, 11) is 3.27. The lowest BCUT2D eigenvalue weighted by molar-refractivity contribution is 0.354. The molecule has 0 aliphatic heterocycles. The minimum Gasteiger partial charge on any atom is -0.493 e. The van der Waals surface area contributed by atoms with Crippen LogP contribution in [0.3, 0.4) is 0 Å². The molecule has 0 amide bonds. The number of hydrogen-bond donors (Lipinski definition) is 1. The summed E-state index contributed by atoms with van der Waals surface area (Å²) in [5, 5.41) is 3.16. The fourth-order valence-corrected chi connectivity index (χ4v) is 1.75. The number of aromatic nitrogens is 2. The van der Waals surface area contributed by atoms with E-state index in [0.29, 0.717) is 5.95 Å². The van der Waals surface area contributed by atoms with E-state index in [9.17, 15) is 0 Å². The lowest BCUT2D eigenvalue weighted by Gasteiger charge is -2.10. The van der Waals surface area contributed by atoms with Gasteiger partial charge in [-0.25, -0.2) is 9.97 Å². The van der Waals surface area contributed by atoms with Gasteiger partial charge in [0.1, 0.15) is 0 Å². The second kappa shape index (κ2) is 6.58. The van der Waals surface area contributed by atoms with E-state index < -0.39 is 0 Å². The molecule has 2 rings (SSSR count). The molecular weight excluding hydrogens is 242 g/mol. The maximum absolute atomic E-state index is 5.27. The zero-order chi connectivity index (χ0) is 13.5. The number of ether oxygens (including phenoxy) is 2. The topological polar surface area (TPSA) is 56.3 Å². The lowest BCUT2D eigenvalue weighted by Crippen LogP contribution is -2.07. The minimum absolute atomic E-state index is 0.642. The molecule has 5 nitrogen and oxygen atoms in total. The second-order valence-electron chi connectivity index (χ2n) is 3.94. The van der Waals surface area contributed by atoms with Gasteiger partial charge in [-0.15, -0.1) is 0 Å². The molecule has 0 saturated heterocycles. The SMILES string of the molecule is COc1ccc(CCNc2ncccn2)cc1OC. The van der Waals surface area contributed by atoms with E-state index in [1.54, 1.807) is 32.7 Å². The van der Waals surface area contributed by atoms with Crippen LogP contribution >= 0.6 is 0 Å². The predicted octanol–water partition coefficient (Wildman–Crippen LogP) is 2.15. The summed E-state index contributed by atoms with van der Waals surface area (Å²) in [5.41, 5.74) is 1.17. The number of methoxy groups -OCH3 is 2. The van der Waals surface area contributed by atoms with Crippen molar-refractivity contribution in [1.29, 1.82) is 0 Å². The van der Waals surface area contributed by atoms with Crippen LogP contribution in [0.2, 0.25) is 0 Å². The van der Waals surface area contributed by atoms with Gasteiger partial charge in [0.05, 0.1) is 14.2 Å². The summed E-state index contributed by atoms with van der Waals surface area (Å²) >= 11 is 0. The highest BCUT2D eigenvalue weighted by Gasteiger charge is 2.04. The average molecular weight is 259 g/mol. The van der Waals surface area contributed by atoms with Gasteiger partial charge in [-0.3, -0.25) is 0 Å². The monoisotopic (exact) mass is 259 g/mol. The van der Waals surface area contributed by atoms with E-state index in [-0.39, 0.29) is 0 Å². The summed E-state index contributed by atoms with van der Waals surface area (Å²) in [6.45, 7) is 0.763. The molecule has 1 aromatic heterocycles. The fourth-order valence-electron chi connectivity index (χ4n) is 1.75. The van der Waals surface area contributed by atoms with Gasteiger partial charge in [0.2, 0.25) is 5.95 Å². The van der Waals surface area contributed by atoms with Gasteiger partial charge in [0.15, 0.2) is 11.5 Å². The smallest absolute Gasteiger partial charge is 0.222 e. The standard InChI is InChI=1S/C14H17N3O2/c1-18-12-5-4-11(10-13(12)19-2)6-9-17-14-15-7-3-8-16-14/h3-5,7-8,10H,6,9H2,1-2H3,(H,15,16,17). The van der Waals surface area contributed by atoms with Crippen molar-refractivity contribution in [2.75, 3.05) is 26.1 Å². The molecule has 2 aromatic rings. The van der Waals surface area contributed by atoms with Crippen molar-refractivity contribution in [3.05, 3.63) is 42.2 Å². The Morgan fingerprint density at radius 2 is 1.79 bits per heavy atom. The molecule has 1 N–H and O–H groups in total. The third-order valence-electron chi connectivity index (χ3n) is 2.71. The quantitative estimate of drug-likeness (QED) is 0.861. The molecule has 0 spiro atoms. The van der Waals surface area contributed by atoms with Crippen LogP contribution < -0.4 is 14.8 Å². The molecule has 0 aliphatic carbocycles. The number of benzene rings is 1. The third kappa shape index (κ3) is 3.58. The van der Waals surface area contributed by atoms with E-state index in [1.807, 2.05) is 18.2 Å². The maximum Gasteiger partial charge on any atom is 0.222 e. The first kappa shape index (κ1) is 13.1. The summed E-state index contributed by atoms with van der Waals surface area (Å²) in [6.07, 6.45) is 4.29. The second-order valence-corrected chi connectivity index (χ2v) is 3.94. The van der Waals surface area contributed by atoms with Crippen molar-refractivity contribution >= 4 is 5.95 Å². The first-order chi connectivity index (χ1) is 9.33. The summed E-state index contributed by atoms with van der Waals surface area (Å²) in [4.78, 5) is 8.21. The Labute approximate surface area is 112 Å². The molecule has 0 unspecified atom stereocenters. The van der Waals surface area contributed by atoms with Crippen molar-refractivity contribution in [3.63, 3.8) is 0 Å². The van der Waals surface area contributed by atoms with Gasteiger partial charge in [-0.1, -0.05) is 6.07 Å². The zero-order valence-electron chi connectivity index (χ0n) is 11.1. The molecule has 1 heterocycles. The van der Waals surface area contributed by atoms with Crippen LogP contribution in [-0.4, -0.2) is 30.7 Å². The molecule has 19 heavy (non-hydrogen) atoms. The Morgan fingerprint density at radius 1 is 1.05 bits per heavy atom. The van der Waals surface area contributed by atoms with Crippen molar-refractivity contribution in [1.82, 2.24) is 9.97 Å². The van der Waals surface area contributed by atoms with Crippen LogP contribution in [0.15, 0.2) is 36.7 Å². The maximum atomic E-state index is 5.27. The Balaban J connectivity index is 1.93. The number of anilines is 1. The Bertz CT molecular complexity index is 517. The zero-order valence-corrected chi connectivity index (χ0v) is 11.1. The lowest BCUT2D eigenvalue weighted by atomic mass is 10.1. The highest BCUT2D eigenvalue weighted by molar-refractivity contribution is 5.43. The predicted molar refractivity (Wildman–Crippen MR) is 73.8 cm³/mol. The number of hydrogen-bond acceptors (Lipinski definition) is 5. The molecular formula is C14H17N3O2. The van der Waals surface area contributed by atoms with Crippen LogP contribution in [0.5, 0.6) is 11.5 Å². The van der Waals surface area contributed by atoms with Crippen LogP contribution in [-0.2, 0) is 6.42 Å². The Kier molecular flexibility index (Phi) is 4.55. The highest BCUT2D eigenvalue weighted by Crippen LogP contribution is 2.27. The number of rotatable bonds is 6. The van der Waals surface area contributed by atoms with Crippen molar-refractivity contribution in [2.45, 2.75) is 6.42 Å². The van der Waals surface area contributed by atoms with Gasteiger partial charge in [0.25, 0.3) is 0 Å². The van der Waals surface area contributed by atoms with Crippen LogP contribution in [0.4, 0.5) is 5.95 Å². The molecule has 0 bridgehead atoms. The van der Waals surface area contributed by atoms with Gasteiger partial charge in [-0.2, -0.15) is 0 Å². The molecule has 1 aromatic carbocycles. The number of nitrogens with one attached hydrogen (secondary N) is 1. The van der Waals surface area contributed by atoms with Gasteiger partial charge < -0.3 is 14.8 Å². The molecule has 5 heteroatoms. The molecule has 0 fully saturated rings. The fraction of sp³-hybridized carbons (Fsp3) is 0.286. The normalized spacial score (nSPS) is 10.0. The molecule has 0 radical (unpaired) electrons. The van der Waals surface area contributed by atoms with Gasteiger partial charge in [0, 0.05) is 18.9 Å². The number of nitrogens with zero attached hydrogens (tertiary/aromatic N) is 2. The highest BCUT2D eigenvalue weighted by atomic mass is 16.5. The van der Waals surface area contributed by atoms with E-state index >= 15 is 0 Å². The summed E-state index contributed by atoms with van der Waals surface area (Å²) in [6, 6.07) is 7.70.